The second-order valence-corrected chi connectivity index (χ2v) is 13.0. The summed E-state index contributed by atoms with van der Waals surface area (Å²) in [4.78, 5) is 14.0. The number of nitrogens with one attached hydrogen (secondary N) is 3. The van der Waals surface area contributed by atoms with E-state index in [0.717, 1.165) is 48.4 Å². The van der Waals surface area contributed by atoms with Gasteiger partial charge in [0.15, 0.2) is 5.69 Å². The van der Waals surface area contributed by atoms with Crippen molar-refractivity contribution in [3.05, 3.63) is 95.6 Å². The van der Waals surface area contributed by atoms with E-state index in [1.165, 1.54) is 6.26 Å². The molecule has 41 heavy (non-hydrogen) atoms. The third kappa shape index (κ3) is 6.17. The number of sulfonamides is 1. The molecule has 0 aromatic heterocycles. The highest BCUT2D eigenvalue weighted by Crippen LogP contribution is 2.50. The molecular formula is C31H39N4O5S+. The lowest BCUT2D eigenvalue weighted by Crippen LogP contribution is -2.68. The summed E-state index contributed by atoms with van der Waals surface area (Å²) in [7, 11) is -2.20. The third-order valence-corrected chi connectivity index (χ3v) is 9.78. The van der Waals surface area contributed by atoms with Crippen molar-refractivity contribution in [2.75, 3.05) is 39.6 Å². The zero-order valence-corrected chi connectivity index (χ0v) is 24.5. The predicted octanol–water partition coefficient (Wildman–Crippen LogP) is 3.00. The van der Waals surface area contributed by atoms with Crippen LogP contribution in [0.2, 0.25) is 0 Å². The molecule has 1 amide bonds. The molecule has 2 aliphatic heterocycles. The topological polar surface area (TPSA) is 106 Å². The van der Waals surface area contributed by atoms with Crippen LogP contribution in [-0.2, 0) is 38.1 Å². The number of benzene rings is 3. The Morgan fingerprint density at radius 1 is 0.976 bits per heavy atom. The molecule has 2 atom stereocenters. The monoisotopic (exact) mass is 579 g/mol. The number of nitrogens with zero attached hydrogens (tertiary/aromatic N) is 1. The first-order valence-electron chi connectivity index (χ1n) is 14.0. The van der Waals surface area contributed by atoms with Gasteiger partial charge < -0.3 is 14.8 Å². The average Bonchev–Trinajstić information content (AvgIpc) is 3.25. The molecule has 218 valence electrons. The van der Waals surface area contributed by atoms with E-state index in [0.29, 0.717) is 18.8 Å². The fourth-order valence-electron chi connectivity index (χ4n) is 5.98. The number of amides is 1. The fourth-order valence-corrected chi connectivity index (χ4v) is 7.24. The summed E-state index contributed by atoms with van der Waals surface area (Å²) in [5.41, 5.74) is 6.21. The average molecular weight is 580 g/mol. The van der Waals surface area contributed by atoms with Crippen LogP contribution in [0.4, 0.5) is 5.69 Å². The van der Waals surface area contributed by atoms with Crippen LogP contribution in [0.5, 0.6) is 5.75 Å². The van der Waals surface area contributed by atoms with Gasteiger partial charge in [-0.05, 0) is 49.2 Å². The Hall–Kier alpha value is -3.28. The number of piperidine rings is 1. The zero-order chi connectivity index (χ0) is 28.9. The molecule has 1 saturated heterocycles. The van der Waals surface area contributed by atoms with Gasteiger partial charge in [0.1, 0.15) is 18.3 Å². The van der Waals surface area contributed by atoms with Crippen molar-refractivity contribution in [2.45, 2.75) is 37.5 Å². The smallest absolute Gasteiger partial charge is 0.321 e. The van der Waals surface area contributed by atoms with Crippen molar-refractivity contribution < 1.29 is 22.7 Å². The summed E-state index contributed by atoms with van der Waals surface area (Å²) < 4.78 is 37.9. The summed E-state index contributed by atoms with van der Waals surface area (Å²) in [6.45, 7) is 2.64. The standard InChI is InChI=1S/C31H38N4O5S/c1-39-26-14-12-24(13-15-26)20-33-28(22-40-21-25-8-4-3-5-9-25)30(36)34-35(41(2,37)38)23-31(16-18-32-19-17-31)27-10-6-7-11-29(27)35/h3-15,28,32-33H,16-23H2,1-2H3/p+1. The van der Waals surface area contributed by atoms with Crippen molar-refractivity contribution in [3.63, 3.8) is 0 Å². The number of rotatable bonds is 11. The summed E-state index contributed by atoms with van der Waals surface area (Å²) in [5.74, 6) is 0.311. The van der Waals surface area contributed by atoms with Gasteiger partial charge in [-0.15, -0.1) is 0 Å². The number of para-hydroxylation sites is 1. The first-order chi connectivity index (χ1) is 19.8. The van der Waals surface area contributed by atoms with Gasteiger partial charge in [-0.25, -0.2) is 0 Å². The first kappa shape index (κ1) is 29.2. The number of carbonyl (C=O) groups excluding carboxylic acids is 1. The van der Waals surface area contributed by atoms with Crippen LogP contribution >= 0.6 is 0 Å². The third-order valence-electron chi connectivity index (χ3n) is 8.23. The first-order valence-corrected chi connectivity index (χ1v) is 15.8. The number of ether oxygens (including phenoxy) is 2. The van der Waals surface area contributed by atoms with Crippen LogP contribution in [0.1, 0.15) is 29.5 Å². The molecule has 2 aliphatic rings. The summed E-state index contributed by atoms with van der Waals surface area (Å²) >= 11 is 0. The molecule has 10 heteroatoms. The molecule has 0 bridgehead atoms. The van der Waals surface area contributed by atoms with Gasteiger partial charge in [-0.1, -0.05) is 64.7 Å². The van der Waals surface area contributed by atoms with Crippen LogP contribution in [0.3, 0.4) is 0 Å². The van der Waals surface area contributed by atoms with Gasteiger partial charge >= 0.3 is 10.0 Å². The molecule has 2 heterocycles. The summed E-state index contributed by atoms with van der Waals surface area (Å²) in [6.07, 6.45) is 2.80. The van der Waals surface area contributed by atoms with Crippen LogP contribution in [-0.4, -0.2) is 60.0 Å². The lowest BCUT2D eigenvalue weighted by Gasteiger charge is -2.36. The Labute approximate surface area is 242 Å². The SMILES string of the molecule is COc1ccc(CNC(COCc2ccccc2)C(=O)N[N+]2(S(C)(=O)=O)CC3(CCNCC3)c3ccccc32)cc1. The molecule has 1 fully saturated rings. The van der Waals surface area contributed by atoms with E-state index < -0.39 is 26.0 Å². The number of fused-ring (bicyclic) bond motifs is 2. The van der Waals surface area contributed by atoms with E-state index in [2.05, 4.69) is 16.1 Å². The van der Waals surface area contributed by atoms with Crippen LogP contribution in [0, 0.1) is 0 Å². The van der Waals surface area contributed by atoms with E-state index in [4.69, 9.17) is 9.47 Å². The molecule has 0 aliphatic carbocycles. The number of hydrogen-bond donors (Lipinski definition) is 3. The lowest BCUT2D eigenvalue weighted by molar-refractivity contribution is -0.127. The Morgan fingerprint density at radius 3 is 2.34 bits per heavy atom. The van der Waals surface area contributed by atoms with E-state index >= 15 is 0 Å². The fraction of sp³-hybridized carbons (Fsp3) is 0.387. The molecule has 3 aromatic carbocycles. The van der Waals surface area contributed by atoms with Gasteiger partial charge in [0.2, 0.25) is 0 Å². The minimum atomic E-state index is -3.82. The highest BCUT2D eigenvalue weighted by molar-refractivity contribution is 7.90. The number of methoxy groups -OCH3 is 1. The molecule has 0 radical (unpaired) electrons. The van der Waals surface area contributed by atoms with Gasteiger partial charge in [-0.3, -0.25) is 10.1 Å². The Kier molecular flexibility index (Phi) is 8.77. The second-order valence-electron chi connectivity index (χ2n) is 10.9. The number of hydrogen-bond acceptors (Lipinski definition) is 7. The van der Waals surface area contributed by atoms with E-state index in [1.54, 1.807) is 7.11 Å². The van der Waals surface area contributed by atoms with Gasteiger partial charge in [0, 0.05) is 18.2 Å². The van der Waals surface area contributed by atoms with Gasteiger partial charge in [0.05, 0.1) is 32.0 Å². The highest BCUT2D eigenvalue weighted by Gasteiger charge is 2.60. The van der Waals surface area contributed by atoms with Crippen molar-refractivity contribution >= 4 is 21.6 Å². The highest BCUT2D eigenvalue weighted by atomic mass is 32.2. The van der Waals surface area contributed by atoms with Crippen molar-refractivity contribution in [1.29, 1.82) is 0 Å². The van der Waals surface area contributed by atoms with Crippen molar-refractivity contribution in [1.82, 2.24) is 20.1 Å². The molecule has 9 nitrogen and oxygen atoms in total. The molecule has 2 unspecified atom stereocenters. The van der Waals surface area contributed by atoms with Crippen LogP contribution in [0.25, 0.3) is 0 Å². The molecule has 3 N–H and O–H groups in total. The number of carbonyl (C=O) groups is 1. The Balaban J connectivity index is 1.41. The van der Waals surface area contributed by atoms with E-state index in [-0.39, 0.29) is 18.6 Å². The summed E-state index contributed by atoms with van der Waals surface area (Å²) in [5, 5.41) is 6.69. The van der Waals surface area contributed by atoms with Gasteiger partial charge in [-0.2, -0.15) is 13.8 Å². The molecule has 0 saturated carbocycles. The lowest BCUT2D eigenvalue weighted by atomic mass is 9.75. The van der Waals surface area contributed by atoms with Crippen molar-refractivity contribution in [2.24, 2.45) is 0 Å². The molecule has 5 rings (SSSR count). The maximum absolute atomic E-state index is 14.0. The number of quaternary nitrogens is 1. The Bertz CT molecular complexity index is 1440. The summed E-state index contributed by atoms with van der Waals surface area (Å²) in [6, 6.07) is 24.1. The second kappa shape index (κ2) is 12.3. The predicted molar refractivity (Wildman–Crippen MR) is 160 cm³/mol. The molecule has 1 spiro atoms. The quantitative estimate of drug-likeness (QED) is 0.300. The normalized spacial score (nSPS) is 20.3. The van der Waals surface area contributed by atoms with Crippen molar-refractivity contribution in [3.8, 4) is 5.75 Å². The molecular weight excluding hydrogens is 540 g/mol. The van der Waals surface area contributed by atoms with Crippen LogP contribution in [0.15, 0.2) is 78.9 Å². The van der Waals surface area contributed by atoms with Crippen LogP contribution < -0.4 is 24.8 Å². The zero-order valence-electron chi connectivity index (χ0n) is 23.6. The van der Waals surface area contributed by atoms with E-state index in [9.17, 15) is 13.2 Å². The largest absolute Gasteiger partial charge is 0.497 e. The Morgan fingerprint density at radius 2 is 1.66 bits per heavy atom. The molecule has 3 aromatic rings. The maximum Gasteiger partial charge on any atom is 0.321 e. The minimum Gasteiger partial charge on any atom is -0.497 e. The minimum absolute atomic E-state index is 0.0668. The van der Waals surface area contributed by atoms with E-state index in [1.807, 2.05) is 78.9 Å². The maximum atomic E-state index is 14.0. The van der Waals surface area contributed by atoms with Gasteiger partial charge in [0.25, 0.3) is 5.91 Å².